The maximum absolute atomic E-state index is 12.2. The smallest absolute Gasteiger partial charge is 0.253 e. The third-order valence-corrected chi connectivity index (χ3v) is 4.49. The van der Waals surface area contributed by atoms with Crippen molar-refractivity contribution < 1.29 is 4.79 Å². The van der Waals surface area contributed by atoms with E-state index < -0.39 is 0 Å². The van der Waals surface area contributed by atoms with Crippen molar-refractivity contribution in [3.63, 3.8) is 0 Å². The van der Waals surface area contributed by atoms with Gasteiger partial charge in [-0.25, -0.2) is 4.98 Å². The van der Waals surface area contributed by atoms with Gasteiger partial charge in [0.15, 0.2) is 0 Å². The molecule has 0 radical (unpaired) electrons. The van der Waals surface area contributed by atoms with Crippen LogP contribution >= 0.6 is 0 Å². The van der Waals surface area contributed by atoms with Gasteiger partial charge < -0.3 is 5.32 Å². The summed E-state index contributed by atoms with van der Waals surface area (Å²) in [5, 5.41) is 2.92. The number of aromatic nitrogens is 2. The third kappa shape index (κ3) is 5.14. The van der Waals surface area contributed by atoms with Crippen molar-refractivity contribution in [2.24, 2.45) is 0 Å². The molecule has 0 saturated carbocycles. The van der Waals surface area contributed by atoms with Gasteiger partial charge in [0, 0.05) is 24.2 Å². The summed E-state index contributed by atoms with van der Waals surface area (Å²) in [7, 11) is 0. The molecule has 0 aliphatic heterocycles. The van der Waals surface area contributed by atoms with E-state index in [2.05, 4.69) is 34.6 Å². The molecule has 0 aliphatic carbocycles. The van der Waals surface area contributed by atoms with Crippen LogP contribution in [0.4, 0.5) is 0 Å². The average molecular weight is 361 g/mol. The predicted molar refractivity (Wildman–Crippen MR) is 106 cm³/mol. The molecule has 0 aliphatic rings. The summed E-state index contributed by atoms with van der Waals surface area (Å²) in [6.45, 7) is 2.26. The summed E-state index contributed by atoms with van der Waals surface area (Å²) >= 11 is 0. The number of hydrogen-bond acceptors (Lipinski definition) is 3. The van der Waals surface area contributed by atoms with E-state index in [1.807, 2.05) is 36.4 Å². The number of amides is 1. The highest BCUT2D eigenvalue weighted by atomic mass is 16.2. The van der Waals surface area contributed by atoms with Crippen LogP contribution in [0.25, 0.3) is 0 Å². The molecule has 0 bridgehead atoms. The molecule has 0 spiro atoms. The van der Waals surface area contributed by atoms with Crippen LogP contribution in [0.2, 0.25) is 0 Å². The Morgan fingerprint density at radius 3 is 2.19 bits per heavy atom. The molecule has 1 aromatic heterocycles. The number of benzene rings is 2. The van der Waals surface area contributed by atoms with Crippen LogP contribution in [0.15, 0.2) is 77.9 Å². The third-order valence-electron chi connectivity index (χ3n) is 4.49. The summed E-state index contributed by atoms with van der Waals surface area (Å²) in [6.07, 6.45) is 2.19. The molecule has 3 rings (SSSR count). The van der Waals surface area contributed by atoms with E-state index in [0.29, 0.717) is 12.2 Å². The molecule has 0 saturated heterocycles. The van der Waals surface area contributed by atoms with Gasteiger partial charge in [-0.15, -0.1) is 0 Å². The Balaban J connectivity index is 1.62. The first kappa shape index (κ1) is 18.6. The molecular weight excluding hydrogens is 338 g/mol. The van der Waals surface area contributed by atoms with Crippen molar-refractivity contribution in [3.8, 4) is 0 Å². The molecule has 0 atom stereocenters. The highest BCUT2D eigenvalue weighted by Crippen LogP contribution is 2.27. The van der Waals surface area contributed by atoms with Gasteiger partial charge in [-0.2, -0.15) is 0 Å². The average Bonchev–Trinajstić information content (AvgIpc) is 2.69. The molecular formula is C22H23N3O2. The normalized spacial score (nSPS) is 10.7. The number of rotatable bonds is 7. The first-order valence-electron chi connectivity index (χ1n) is 9.03. The van der Waals surface area contributed by atoms with E-state index in [-0.39, 0.29) is 23.9 Å². The minimum Gasteiger partial charge on any atom is -0.355 e. The molecule has 5 nitrogen and oxygen atoms in total. The minimum absolute atomic E-state index is 0.0204. The maximum Gasteiger partial charge on any atom is 0.253 e. The van der Waals surface area contributed by atoms with Crippen molar-refractivity contribution in [2.75, 3.05) is 6.54 Å². The topological polar surface area (TPSA) is 64.0 Å². The van der Waals surface area contributed by atoms with Crippen molar-refractivity contribution in [1.82, 2.24) is 14.9 Å². The molecule has 1 heterocycles. The standard InChI is InChI=1S/C22H23N3O2/c1-17-14-22(27)25(16-24-17)15-21(26)23-13-12-20(18-8-4-2-5-9-18)19-10-6-3-7-11-19/h2-11,14,16,20H,12-13,15H2,1H3,(H,23,26). The summed E-state index contributed by atoms with van der Waals surface area (Å²) in [5.41, 5.74) is 2.86. The monoisotopic (exact) mass is 361 g/mol. The first-order valence-corrected chi connectivity index (χ1v) is 9.03. The number of carbonyl (C=O) groups excluding carboxylic acids is 1. The summed E-state index contributed by atoms with van der Waals surface area (Å²) in [4.78, 5) is 28.1. The molecule has 0 fully saturated rings. The number of hydrogen-bond donors (Lipinski definition) is 1. The van der Waals surface area contributed by atoms with E-state index in [9.17, 15) is 9.59 Å². The quantitative estimate of drug-likeness (QED) is 0.704. The Hall–Kier alpha value is -3.21. The second-order valence-electron chi connectivity index (χ2n) is 6.51. The Morgan fingerprint density at radius 1 is 1.04 bits per heavy atom. The summed E-state index contributed by atoms with van der Waals surface area (Å²) in [5.74, 6) is 0.0130. The Bertz CT molecular complexity index is 897. The van der Waals surface area contributed by atoms with Gasteiger partial charge in [-0.3, -0.25) is 14.2 Å². The fraction of sp³-hybridized carbons (Fsp3) is 0.227. The molecule has 2 aromatic carbocycles. The van der Waals surface area contributed by atoms with E-state index in [0.717, 1.165) is 6.42 Å². The van der Waals surface area contributed by atoms with E-state index >= 15 is 0 Å². The van der Waals surface area contributed by atoms with Gasteiger partial charge in [0.25, 0.3) is 5.56 Å². The predicted octanol–water partition coefficient (Wildman–Crippen LogP) is 2.89. The number of aryl methyl sites for hydroxylation is 1. The van der Waals surface area contributed by atoms with Crippen molar-refractivity contribution in [1.29, 1.82) is 0 Å². The second kappa shape index (κ2) is 8.94. The van der Waals surface area contributed by atoms with Crippen LogP contribution in [-0.2, 0) is 11.3 Å². The van der Waals surface area contributed by atoms with Gasteiger partial charge in [0.2, 0.25) is 5.91 Å². The molecule has 3 aromatic rings. The second-order valence-corrected chi connectivity index (χ2v) is 6.51. The lowest BCUT2D eigenvalue weighted by Gasteiger charge is -2.18. The van der Waals surface area contributed by atoms with Crippen molar-refractivity contribution in [3.05, 3.63) is 100 Å². The SMILES string of the molecule is Cc1cc(=O)n(CC(=O)NCCC(c2ccccc2)c2ccccc2)cn1. The first-order chi connectivity index (χ1) is 13.1. The number of nitrogens with zero attached hydrogens (tertiary/aromatic N) is 2. The minimum atomic E-state index is -0.218. The fourth-order valence-corrected chi connectivity index (χ4v) is 3.10. The van der Waals surface area contributed by atoms with Crippen LogP contribution in [0.3, 0.4) is 0 Å². The molecule has 0 unspecified atom stereocenters. The van der Waals surface area contributed by atoms with Gasteiger partial charge in [0.1, 0.15) is 6.54 Å². The molecule has 1 amide bonds. The van der Waals surface area contributed by atoms with Crippen LogP contribution < -0.4 is 10.9 Å². The number of carbonyl (C=O) groups is 1. The lowest BCUT2D eigenvalue weighted by molar-refractivity contribution is -0.121. The summed E-state index contributed by atoms with van der Waals surface area (Å²) < 4.78 is 1.31. The maximum atomic E-state index is 12.2. The van der Waals surface area contributed by atoms with Crippen LogP contribution in [0, 0.1) is 6.92 Å². The fourth-order valence-electron chi connectivity index (χ4n) is 3.10. The van der Waals surface area contributed by atoms with Gasteiger partial charge >= 0.3 is 0 Å². The van der Waals surface area contributed by atoms with Crippen molar-refractivity contribution in [2.45, 2.75) is 25.8 Å². The lowest BCUT2D eigenvalue weighted by atomic mass is 9.88. The highest BCUT2D eigenvalue weighted by molar-refractivity contribution is 5.75. The highest BCUT2D eigenvalue weighted by Gasteiger charge is 2.14. The van der Waals surface area contributed by atoms with Crippen molar-refractivity contribution >= 4 is 5.91 Å². The summed E-state index contributed by atoms with van der Waals surface area (Å²) in [6, 6.07) is 22.0. The number of nitrogens with one attached hydrogen (secondary N) is 1. The van der Waals surface area contributed by atoms with Gasteiger partial charge in [-0.05, 0) is 24.5 Å². The van der Waals surface area contributed by atoms with Gasteiger partial charge in [-0.1, -0.05) is 60.7 Å². The van der Waals surface area contributed by atoms with Crippen LogP contribution in [0.5, 0.6) is 0 Å². The van der Waals surface area contributed by atoms with Gasteiger partial charge in [0.05, 0.1) is 6.33 Å². The Labute approximate surface area is 158 Å². The zero-order valence-electron chi connectivity index (χ0n) is 15.3. The van der Waals surface area contributed by atoms with E-state index in [1.54, 1.807) is 6.92 Å². The largest absolute Gasteiger partial charge is 0.355 e. The van der Waals surface area contributed by atoms with Crippen LogP contribution in [0.1, 0.15) is 29.2 Å². The lowest BCUT2D eigenvalue weighted by Crippen LogP contribution is -2.33. The van der Waals surface area contributed by atoms with E-state index in [4.69, 9.17) is 0 Å². The zero-order chi connectivity index (χ0) is 19.1. The zero-order valence-corrected chi connectivity index (χ0v) is 15.3. The Morgan fingerprint density at radius 2 is 1.63 bits per heavy atom. The van der Waals surface area contributed by atoms with Crippen LogP contribution in [-0.4, -0.2) is 22.0 Å². The molecule has 1 N–H and O–H groups in total. The molecule has 138 valence electrons. The van der Waals surface area contributed by atoms with E-state index in [1.165, 1.54) is 28.1 Å². The Kier molecular flexibility index (Phi) is 6.15. The molecule has 27 heavy (non-hydrogen) atoms. The molecule has 5 heteroatoms.